The van der Waals surface area contributed by atoms with Crippen molar-refractivity contribution in [1.29, 1.82) is 0 Å². The number of nitrogens with one attached hydrogen (secondary N) is 1. The standard InChI is InChI=1S/C15H13BrCl2FN/c1-2-14(9-3-5-11(17)12(18)7-9)20-15-6-4-10(16)8-13(15)19/h3-8,14,20H,2H2,1H3. The Bertz CT molecular complexity index is 619. The Hall–Kier alpha value is -0.770. The number of halogens is 4. The number of rotatable bonds is 4. The summed E-state index contributed by atoms with van der Waals surface area (Å²) in [5.74, 6) is -0.294. The molecule has 0 saturated heterocycles. The summed E-state index contributed by atoms with van der Waals surface area (Å²) in [6.07, 6.45) is 0.799. The summed E-state index contributed by atoms with van der Waals surface area (Å²) in [7, 11) is 0. The zero-order valence-corrected chi connectivity index (χ0v) is 13.9. The average molecular weight is 377 g/mol. The van der Waals surface area contributed by atoms with Crippen LogP contribution < -0.4 is 5.32 Å². The summed E-state index contributed by atoms with van der Waals surface area (Å²) < 4.78 is 14.6. The summed E-state index contributed by atoms with van der Waals surface area (Å²) in [6.45, 7) is 2.02. The summed E-state index contributed by atoms with van der Waals surface area (Å²) in [5, 5.41) is 4.20. The molecule has 2 rings (SSSR count). The van der Waals surface area contributed by atoms with Gasteiger partial charge in [-0.05, 0) is 42.3 Å². The van der Waals surface area contributed by atoms with Crippen molar-refractivity contribution in [3.05, 3.63) is 62.3 Å². The quantitative estimate of drug-likeness (QED) is 0.645. The van der Waals surface area contributed by atoms with Crippen molar-refractivity contribution in [2.24, 2.45) is 0 Å². The van der Waals surface area contributed by atoms with Gasteiger partial charge in [-0.2, -0.15) is 0 Å². The molecule has 20 heavy (non-hydrogen) atoms. The van der Waals surface area contributed by atoms with Crippen LogP contribution in [0.4, 0.5) is 10.1 Å². The molecule has 0 saturated carbocycles. The van der Waals surface area contributed by atoms with Crippen LogP contribution in [-0.2, 0) is 0 Å². The van der Waals surface area contributed by atoms with Crippen molar-refractivity contribution in [2.45, 2.75) is 19.4 Å². The second kappa shape index (κ2) is 6.79. The van der Waals surface area contributed by atoms with Crippen LogP contribution in [0.15, 0.2) is 40.9 Å². The maximum Gasteiger partial charge on any atom is 0.147 e. The molecule has 0 bridgehead atoms. The van der Waals surface area contributed by atoms with Gasteiger partial charge in [0, 0.05) is 4.47 Å². The molecule has 0 spiro atoms. The van der Waals surface area contributed by atoms with Crippen LogP contribution in [0.25, 0.3) is 0 Å². The molecule has 2 aromatic rings. The SMILES string of the molecule is CCC(Nc1ccc(Br)cc1F)c1ccc(Cl)c(Cl)c1. The minimum atomic E-state index is -0.294. The monoisotopic (exact) mass is 375 g/mol. The van der Waals surface area contributed by atoms with Crippen LogP contribution in [-0.4, -0.2) is 0 Å². The highest BCUT2D eigenvalue weighted by Gasteiger charge is 2.13. The first-order valence-corrected chi connectivity index (χ1v) is 7.72. The Kier molecular flexibility index (Phi) is 5.30. The molecule has 2 aromatic carbocycles. The lowest BCUT2D eigenvalue weighted by Crippen LogP contribution is -2.10. The van der Waals surface area contributed by atoms with E-state index < -0.39 is 0 Å². The van der Waals surface area contributed by atoms with E-state index in [1.165, 1.54) is 6.07 Å². The normalized spacial score (nSPS) is 12.2. The maximum atomic E-state index is 13.9. The largest absolute Gasteiger partial charge is 0.376 e. The van der Waals surface area contributed by atoms with Crippen molar-refractivity contribution >= 4 is 44.8 Å². The first-order chi connectivity index (χ1) is 9.51. The smallest absolute Gasteiger partial charge is 0.147 e. The van der Waals surface area contributed by atoms with Gasteiger partial charge in [0.25, 0.3) is 0 Å². The topological polar surface area (TPSA) is 12.0 Å². The Morgan fingerprint density at radius 2 is 1.90 bits per heavy atom. The van der Waals surface area contributed by atoms with E-state index in [1.807, 2.05) is 19.1 Å². The van der Waals surface area contributed by atoms with Crippen LogP contribution in [0.2, 0.25) is 10.0 Å². The molecule has 0 amide bonds. The second-order valence-electron chi connectivity index (χ2n) is 4.40. The fraction of sp³-hybridized carbons (Fsp3) is 0.200. The van der Waals surface area contributed by atoms with Gasteiger partial charge in [-0.15, -0.1) is 0 Å². The van der Waals surface area contributed by atoms with E-state index in [0.717, 1.165) is 12.0 Å². The summed E-state index contributed by atoms with van der Waals surface area (Å²) in [4.78, 5) is 0. The van der Waals surface area contributed by atoms with Crippen molar-refractivity contribution < 1.29 is 4.39 Å². The highest BCUT2D eigenvalue weighted by atomic mass is 79.9. The van der Waals surface area contributed by atoms with Gasteiger partial charge in [0.1, 0.15) is 5.82 Å². The Labute approximate surface area is 136 Å². The predicted octanol–water partition coefficient (Wildman–Crippen LogP) is 6.46. The van der Waals surface area contributed by atoms with Crippen LogP contribution in [0.3, 0.4) is 0 Å². The van der Waals surface area contributed by atoms with Crippen LogP contribution in [0.5, 0.6) is 0 Å². The van der Waals surface area contributed by atoms with Gasteiger partial charge >= 0.3 is 0 Å². The minimum Gasteiger partial charge on any atom is -0.376 e. The molecule has 1 unspecified atom stereocenters. The number of anilines is 1. The Morgan fingerprint density at radius 3 is 2.50 bits per heavy atom. The first kappa shape index (κ1) is 15.6. The molecule has 0 fully saturated rings. The second-order valence-corrected chi connectivity index (χ2v) is 6.13. The molecule has 1 nitrogen and oxygen atoms in total. The number of hydrogen-bond donors (Lipinski definition) is 1. The van der Waals surface area contributed by atoms with Gasteiger partial charge in [0.2, 0.25) is 0 Å². The zero-order valence-electron chi connectivity index (χ0n) is 10.8. The third kappa shape index (κ3) is 3.66. The summed E-state index contributed by atoms with van der Waals surface area (Å²) in [5.41, 5.74) is 1.44. The molecular weight excluding hydrogens is 364 g/mol. The maximum absolute atomic E-state index is 13.9. The lowest BCUT2D eigenvalue weighted by Gasteiger charge is -2.20. The summed E-state index contributed by atoms with van der Waals surface area (Å²) in [6, 6.07) is 10.4. The third-order valence-electron chi connectivity index (χ3n) is 3.02. The molecule has 1 atom stereocenters. The highest BCUT2D eigenvalue weighted by Crippen LogP contribution is 2.30. The van der Waals surface area contributed by atoms with E-state index in [2.05, 4.69) is 21.2 Å². The zero-order chi connectivity index (χ0) is 14.7. The van der Waals surface area contributed by atoms with E-state index in [4.69, 9.17) is 23.2 Å². The van der Waals surface area contributed by atoms with Gasteiger partial charge in [0.15, 0.2) is 0 Å². The van der Waals surface area contributed by atoms with Crippen molar-refractivity contribution in [3.8, 4) is 0 Å². The molecule has 0 radical (unpaired) electrons. The van der Waals surface area contributed by atoms with Gasteiger partial charge in [-0.25, -0.2) is 4.39 Å². The lowest BCUT2D eigenvalue weighted by atomic mass is 10.0. The molecule has 1 N–H and O–H groups in total. The summed E-state index contributed by atoms with van der Waals surface area (Å²) >= 11 is 15.2. The van der Waals surface area contributed by atoms with E-state index in [0.29, 0.717) is 20.2 Å². The van der Waals surface area contributed by atoms with Gasteiger partial charge in [-0.3, -0.25) is 0 Å². The molecule has 0 aliphatic carbocycles. The third-order valence-corrected chi connectivity index (χ3v) is 4.25. The van der Waals surface area contributed by atoms with E-state index in [9.17, 15) is 4.39 Å². The first-order valence-electron chi connectivity index (χ1n) is 6.17. The van der Waals surface area contributed by atoms with Crippen LogP contribution in [0.1, 0.15) is 24.9 Å². The molecule has 0 aliphatic rings. The van der Waals surface area contributed by atoms with Crippen molar-refractivity contribution in [3.63, 3.8) is 0 Å². The predicted molar refractivity (Wildman–Crippen MR) is 87.2 cm³/mol. The van der Waals surface area contributed by atoms with E-state index in [1.54, 1.807) is 18.2 Å². The molecule has 0 aliphatic heterocycles. The Balaban J connectivity index is 2.26. The van der Waals surface area contributed by atoms with Crippen molar-refractivity contribution in [2.75, 3.05) is 5.32 Å². The Morgan fingerprint density at radius 1 is 1.15 bits per heavy atom. The fourth-order valence-corrected chi connectivity index (χ4v) is 2.58. The lowest BCUT2D eigenvalue weighted by molar-refractivity contribution is 0.623. The minimum absolute atomic E-state index is 0.0274. The van der Waals surface area contributed by atoms with Crippen LogP contribution >= 0.6 is 39.1 Å². The van der Waals surface area contributed by atoms with Crippen LogP contribution in [0, 0.1) is 5.82 Å². The van der Waals surface area contributed by atoms with Gasteiger partial charge < -0.3 is 5.32 Å². The van der Waals surface area contributed by atoms with Gasteiger partial charge in [0.05, 0.1) is 21.8 Å². The molecule has 5 heteroatoms. The van der Waals surface area contributed by atoms with E-state index >= 15 is 0 Å². The average Bonchev–Trinajstić information content (AvgIpc) is 2.41. The molecule has 106 valence electrons. The number of hydrogen-bond acceptors (Lipinski definition) is 1. The fourth-order valence-electron chi connectivity index (χ4n) is 1.94. The molecular formula is C15H13BrCl2FN. The van der Waals surface area contributed by atoms with E-state index in [-0.39, 0.29) is 11.9 Å². The van der Waals surface area contributed by atoms with Crippen molar-refractivity contribution in [1.82, 2.24) is 0 Å². The highest BCUT2D eigenvalue weighted by molar-refractivity contribution is 9.10. The molecule has 0 aromatic heterocycles. The van der Waals surface area contributed by atoms with Gasteiger partial charge in [-0.1, -0.05) is 52.1 Å². The molecule has 0 heterocycles. The number of benzene rings is 2.